The van der Waals surface area contributed by atoms with Crippen LogP contribution in [-0.2, 0) is 27.7 Å². The highest BCUT2D eigenvalue weighted by molar-refractivity contribution is 7.89. The van der Waals surface area contributed by atoms with E-state index in [9.17, 15) is 18.0 Å². The van der Waals surface area contributed by atoms with Gasteiger partial charge in [-0.3, -0.25) is 4.79 Å². The highest BCUT2D eigenvalue weighted by Crippen LogP contribution is 2.27. The van der Waals surface area contributed by atoms with Gasteiger partial charge in [0, 0.05) is 20.6 Å². The van der Waals surface area contributed by atoms with Crippen LogP contribution in [0, 0.1) is 0 Å². The molecule has 0 N–H and O–H groups in total. The van der Waals surface area contributed by atoms with E-state index in [1.807, 2.05) is 30.3 Å². The summed E-state index contributed by atoms with van der Waals surface area (Å²) < 4.78 is 30.7. The van der Waals surface area contributed by atoms with Gasteiger partial charge in [0.15, 0.2) is 5.78 Å². The van der Waals surface area contributed by atoms with E-state index in [4.69, 9.17) is 16.3 Å². The van der Waals surface area contributed by atoms with Crippen LogP contribution in [-0.4, -0.2) is 66.5 Å². The van der Waals surface area contributed by atoms with Crippen LogP contribution in [0.25, 0.3) is 0 Å². The van der Waals surface area contributed by atoms with Gasteiger partial charge in [0.05, 0.1) is 6.54 Å². The molecule has 33 heavy (non-hydrogen) atoms. The Morgan fingerprint density at radius 2 is 1.79 bits per heavy atom. The number of benzene rings is 1. The standard InChI is InChI=1S/C22H30ClN3O5S2/c1-22(2,3)31-21(28)26(13-9-12-16-10-7-6-8-11-16)14-18-24-19(20(23)32-18)17(27)15-33(29,30)25(4)5/h6-8,10-11H,9,12-15H2,1-5H3. The molecule has 0 unspecified atom stereocenters. The van der Waals surface area contributed by atoms with Crippen LogP contribution < -0.4 is 0 Å². The van der Waals surface area contributed by atoms with Crippen molar-refractivity contribution in [3.63, 3.8) is 0 Å². The zero-order valence-electron chi connectivity index (χ0n) is 19.5. The molecule has 1 aromatic heterocycles. The van der Waals surface area contributed by atoms with Gasteiger partial charge < -0.3 is 9.64 Å². The Balaban J connectivity index is 2.15. The van der Waals surface area contributed by atoms with Crippen molar-refractivity contribution in [1.29, 1.82) is 0 Å². The second kappa shape index (κ2) is 11.4. The number of halogens is 1. The molecule has 182 valence electrons. The molecular weight excluding hydrogens is 486 g/mol. The van der Waals surface area contributed by atoms with Gasteiger partial charge in [-0.1, -0.05) is 41.9 Å². The van der Waals surface area contributed by atoms with Crippen LogP contribution >= 0.6 is 22.9 Å². The number of ketones is 1. The number of nitrogens with zero attached hydrogens (tertiary/aromatic N) is 3. The molecule has 11 heteroatoms. The highest BCUT2D eigenvalue weighted by Gasteiger charge is 2.27. The van der Waals surface area contributed by atoms with Crippen molar-refractivity contribution in [2.24, 2.45) is 0 Å². The molecule has 8 nitrogen and oxygen atoms in total. The molecule has 0 spiro atoms. The molecule has 1 amide bonds. The van der Waals surface area contributed by atoms with Gasteiger partial charge in [0.25, 0.3) is 0 Å². The number of hydrogen-bond acceptors (Lipinski definition) is 7. The lowest BCUT2D eigenvalue weighted by molar-refractivity contribution is 0.0231. The predicted octanol–water partition coefficient (Wildman–Crippen LogP) is 4.24. The van der Waals surface area contributed by atoms with Crippen LogP contribution in [0.15, 0.2) is 30.3 Å². The number of ether oxygens (including phenoxy) is 1. The fourth-order valence-corrected chi connectivity index (χ4v) is 4.75. The van der Waals surface area contributed by atoms with Crippen LogP contribution in [0.4, 0.5) is 4.79 Å². The summed E-state index contributed by atoms with van der Waals surface area (Å²) >= 11 is 7.24. The van der Waals surface area contributed by atoms with E-state index < -0.39 is 33.3 Å². The van der Waals surface area contributed by atoms with Gasteiger partial charge in [-0.05, 0) is 39.2 Å². The fourth-order valence-electron chi connectivity index (χ4n) is 2.79. The number of aromatic nitrogens is 1. The predicted molar refractivity (Wildman–Crippen MR) is 130 cm³/mol. The maximum atomic E-state index is 12.8. The Kier molecular flexibility index (Phi) is 9.42. The number of amides is 1. The maximum Gasteiger partial charge on any atom is 0.410 e. The quantitative estimate of drug-likeness (QED) is 0.439. The molecule has 2 rings (SSSR count). The molecule has 1 aromatic carbocycles. The van der Waals surface area contributed by atoms with Crippen molar-refractivity contribution in [3.8, 4) is 0 Å². The third-order valence-electron chi connectivity index (χ3n) is 4.48. The Labute approximate surface area is 204 Å². The monoisotopic (exact) mass is 515 g/mol. The van der Waals surface area contributed by atoms with Crippen molar-refractivity contribution >= 4 is 44.8 Å². The third kappa shape index (κ3) is 8.69. The van der Waals surface area contributed by atoms with Gasteiger partial charge in [-0.2, -0.15) is 0 Å². The van der Waals surface area contributed by atoms with Gasteiger partial charge in [0.2, 0.25) is 10.0 Å². The van der Waals surface area contributed by atoms with E-state index in [0.717, 1.165) is 27.6 Å². The minimum Gasteiger partial charge on any atom is -0.444 e. The molecule has 0 aliphatic heterocycles. The molecule has 0 radical (unpaired) electrons. The molecule has 0 atom stereocenters. The van der Waals surface area contributed by atoms with E-state index in [2.05, 4.69) is 4.98 Å². The van der Waals surface area contributed by atoms with Gasteiger partial charge in [-0.25, -0.2) is 22.5 Å². The minimum atomic E-state index is -3.74. The Hall–Kier alpha value is -2.01. The number of hydrogen-bond donors (Lipinski definition) is 0. The van der Waals surface area contributed by atoms with E-state index in [1.165, 1.54) is 19.0 Å². The first-order chi connectivity index (χ1) is 15.3. The fraction of sp³-hybridized carbons (Fsp3) is 0.500. The van der Waals surface area contributed by atoms with Gasteiger partial charge in [0.1, 0.15) is 26.4 Å². The molecule has 2 aromatic rings. The van der Waals surface area contributed by atoms with Crippen LogP contribution in [0.2, 0.25) is 4.34 Å². The van der Waals surface area contributed by atoms with Crippen LogP contribution in [0.1, 0.15) is 48.3 Å². The van der Waals surface area contributed by atoms with E-state index in [-0.39, 0.29) is 16.6 Å². The van der Waals surface area contributed by atoms with Gasteiger partial charge in [-0.15, -0.1) is 11.3 Å². The normalized spacial score (nSPS) is 12.1. The minimum absolute atomic E-state index is 0.0948. The largest absolute Gasteiger partial charge is 0.444 e. The summed E-state index contributed by atoms with van der Waals surface area (Å²) in [7, 11) is -1.04. The summed E-state index contributed by atoms with van der Waals surface area (Å²) in [6, 6.07) is 9.93. The zero-order chi connectivity index (χ0) is 24.8. The smallest absolute Gasteiger partial charge is 0.410 e. The summed E-state index contributed by atoms with van der Waals surface area (Å²) in [5.41, 5.74) is 0.390. The van der Waals surface area contributed by atoms with E-state index in [1.54, 1.807) is 20.8 Å². The molecule has 0 aliphatic rings. The Bertz CT molecular complexity index is 1060. The lowest BCUT2D eigenvalue weighted by atomic mass is 10.1. The summed E-state index contributed by atoms with van der Waals surface area (Å²) in [6.07, 6.45) is 0.991. The highest BCUT2D eigenvalue weighted by atomic mass is 35.5. The summed E-state index contributed by atoms with van der Waals surface area (Å²) in [5, 5.41) is 0.427. The summed E-state index contributed by atoms with van der Waals surface area (Å²) in [5.74, 6) is -1.42. The van der Waals surface area contributed by atoms with Crippen molar-refractivity contribution in [3.05, 3.63) is 50.9 Å². The third-order valence-corrected chi connectivity index (χ3v) is 7.46. The molecule has 0 aliphatic carbocycles. The number of rotatable bonds is 10. The average Bonchev–Trinajstić information content (AvgIpc) is 3.06. The molecule has 0 fully saturated rings. The number of Topliss-reactive ketones (excluding diaryl/α,β-unsaturated/α-hetero) is 1. The SMILES string of the molecule is CN(C)S(=O)(=O)CC(=O)c1nc(CN(CCCc2ccccc2)C(=O)OC(C)(C)C)sc1Cl. The molecular formula is C22H30ClN3O5S2. The average molecular weight is 516 g/mol. The molecule has 0 bridgehead atoms. The maximum absolute atomic E-state index is 12.8. The number of aryl methyl sites for hydroxylation is 1. The first kappa shape index (κ1) is 27.2. The summed E-state index contributed by atoms with van der Waals surface area (Å²) in [6.45, 7) is 5.88. The second-order valence-corrected chi connectivity index (χ2v) is 12.6. The Morgan fingerprint density at radius 3 is 2.36 bits per heavy atom. The van der Waals surface area contributed by atoms with E-state index in [0.29, 0.717) is 18.0 Å². The lowest BCUT2D eigenvalue weighted by Gasteiger charge is -2.27. The number of carbonyl (C=O) groups excluding carboxylic acids is 2. The van der Waals surface area contributed by atoms with Crippen molar-refractivity contribution < 1.29 is 22.7 Å². The van der Waals surface area contributed by atoms with E-state index >= 15 is 0 Å². The van der Waals surface area contributed by atoms with Crippen molar-refractivity contribution in [2.45, 2.75) is 45.8 Å². The first-order valence-corrected chi connectivity index (χ1v) is 13.2. The number of sulfonamides is 1. The zero-order valence-corrected chi connectivity index (χ0v) is 21.9. The number of carbonyl (C=O) groups is 2. The molecule has 0 saturated carbocycles. The molecule has 0 saturated heterocycles. The van der Waals surface area contributed by atoms with Crippen molar-refractivity contribution in [1.82, 2.24) is 14.2 Å². The van der Waals surface area contributed by atoms with Gasteiger partial charge >= 0.3 is 6.09 Å². The topological polar surface area (TPSA) is 96.9 Å². The van der Waals surface area contributed by atoms with Crippen molar-refractivity contribution in [2.75, 3.05) is 26.4 Å². The Morgan fingerprint density at radius 1 is 1.15 bits per heavy atom. The second-order valence-electron chi connectivity index (χ2n) is 8.68. The van der Waals surface area contributed by atoms with Crippen LogP contribution in [0.5, 0.6) is 0 Å². The summed E-state index contributed by atoms with van der Waals surface area (Å²) in [4.78, 5) is 31.0. The number of thiazole rings is 1. The van der Waals surface area contributed by atoms with Crippen LogP contribution in [0.3, 0.4) is 0 Å². The lowest BCUT2D eigenvalue weighted by Crippen LogP contribution is -2.37. The first-order valence-electron chi connectivity index (χ1n) is 10.4. The molecule has 1 heterocycles.